The second-order valence-electron chi connectivity index (χ2n) is 4.70. The van der Waals surface area contributed by atoms with Crippen molar-refractivity contribution in [3.63, 3.8) is 0 Å². The Morgan fingerprint density at radius 2 is 1.67 bits per heavy atom. The van der Waals surface area contributed by atoms with Crippen LogP contribution < -0.4 is 10.5 Å². The van der Waals surface area contributed by atoms with Crippen molar-refractivity contribution in [3.05, 3.63) is 63.6 Å². The third-order valence-corrected chi connectivity index (χ3v) is 4.13. The van der Waals surface area contributed by atoms with Crippen LogP contribution in [0.1, 0.15) is 23.1 Å². The van der Waals surface area contributed by atoms with Gasteiger partial charge in [-0.25, -0.2) is 0 Å². The molecule has 0 aliphatic carbocycles. The lowest BCUT2D eigenvalue weighted by Gasteiger charge is -2.24. The Labute approximate surface area is 134 Å². The largest absolute Gasteiger partial charge is 0.497 e. The van der Waals surface area contributed by atoms with Gasteiger partial charge in [-0.3, -0.25) is 0 Å². The molecule has 2 aromatic rings. The van der Waals surface area contributed by atoms with Crippen LogP contribution in [-0.2, 0) is 0 Å². The van der Waals surface area contributed by atoms with Gasteiger partial charge >= 0.3 is 0 Å². The van der Waals surface area contributed by atoms with Crippen molar-refractivity contribution in [1.29, 1.82) is 0 Å². The molecule has 0 saturated carbocycles. The van der Waals surface area contributed by atoms with Crippen LogP contribution in [0.2, 0.25) is 10.0 Å². The summed E-state index contributed by atoms with van der Waals surface area (Å²) in [5, 5.41) is 11.5. The number of methoxy groups -OCH3 is 1. The van der Waals surface area contributed by atoms with Crippen molar-refractivity contribution in [1.82, 2.24) is 0 Å². The van der Waals surface area contributed by atoms with Gasteiger partial charge in [-0.1, -0.05) is 41.4 Å². The van der Waals surface area contributed by atoms with Gasteiger partial charge in [-0.15, -0.1) is 0 Å². The van der Waals surface area contributed by atoms with E-state index in [-0.39, 0.29) is 12.5 Å². The van der Waals surface area contributed by atoms with E-state index in [2.05, 4.69) is 0 Å². The van der Waals surface area contributed by atoms with E-state index in [0.29, 0.717) is 15.6 Å². The first kappa shape index (κ1) is 16.1. The summed E-state index contributed by atoms with van der Waals surface area (Å²) in [7, 11) is 1.60. The summed E-state index contributed by atoms with van der Waals surface area (Å²) in [6.45, 7) is 0.273. The molecule has 0 heterocycles. The Hall–Kier alpha value is -1.26. The minimum absolute atomic E-state index is 0.273. The molecule has 0 fully saturated rings. The molecule has 2 unspecified atom stereocenters. The molecular weight excluding hydrogens is 309 g/mol. The molecule has 2 atom stereocenters. The van der Waals surface area contributed by atoms with E-state index in [9.17, 15) is 5.11 Å². The highest BCUT2D eigenvalue weighted by Gasteiger charge is 2.25. The van der Waals surface area contributed by atoms with E-state index in [0.717, 1.165) is 11.3 Å². The predicted octanol–water partition coefficient (Wildman–Crippen LogP) is 3.78. The predicted molar refractivity (Wildman–Crippen MR) is 86.2 cm³/mol. The van der Waals surface area contributed by atoms with Gasteiger partial charge in [0, 0.05) is 28.1 Å². The number of aliphatic hydroxyl groups excluding tert-OH is 1. The molecule has 0 spiro atoms. The Morgan fingerprint density at radius 3 is 2.14 bits per heavy atom. The number of hydrogen-bond donors (Lipinski definition) is 2. The first-order valence-corrected chi connectivity index (χ1v) is 7.30. The molecular formula is C16H17Cl2NO2. The highest BCUT2D eigenvalue weighted by molar-refractivity contribution is 6.36. The summed E-state index contributed by atoms with van der Waals surface area (Å²) in [6, 6.07) is 12.6. The smallest absolute Gasteiger partial charge is 0.118 e. The Morgan fingerprint density at radius 1 is 1.10 bits per heavy atom. The van der Waals surface area contributed by atoms with Crippen LogP contribution in [0.25, 0.3) is 0 Å². The van der Waals surface area contributed by atoms with Gasteiger partial charge in [0.1, 0.15) is 5.75 Å². The van der Waals surface area contributed by atoms with E-state index < -0.39 is 6.10 Å². The van der Waals surface area contributed by atoms with E-state index in [1.54, 1.807) is 25.3 Å². The number of aliphatic hydroxyl groups is 1. The number of nitrogens with two attached hydrogens (primary N) is 1. The Bertz CT molecular complexity index is 581. The summed E-state index contributed by atoms with van der Waals surface area (Å²) in [5.74, 6) is 0.452. The minimum Gasteiger partial charge on any atom is -0.497 e. The lowest BCUT2D eigenvalue weighted by molar-refractivity contribution is 0.147. The molecule has 0 saturated heterocycles. The summed E-state index contributed by atoms with van der Waals surface area (Å²) in [6.07, 6.45) is -0.871. The lowest BCUT2D eigenvalue weighted by atomic mass is 9.89. The van der Waals surface area contributed by atoms with Crippen molar-refractivity contribution in [2.24, 2.45) is 5.73 Å². The van der Waals surface area contributed by atoms with Crippen molar-refractivity contribution < 1.29 is 9.84 Å². The third-order valence-electron chi connectivity index (χ3n) is 3.47. The molecule has 3 N–H and O–H groups in total. The fourth-order valence-electron chi connectivity index (χ4n) is 2.29. The summed E-state index contributed by atoms with van der Waals surface area (Å²) >= 11 is 12.3. The van der Waals surface area contributed by atoms with Gasteiger partial charge in [-0.2, -0.15) is 0 Å². The summed E-state index contributed by atoms with van der Waals surface area (Å²) in [4.78, 5) is 0. The first-order valence-electron chi connectivity index (χ1n) is 6.54. The zero-order valence-electron chi connectivity index (χ0n) is 11.6. The van der Waals surface area contributed by atoms with Crippen LogP contribution in [0.5, 0.6) is 5.75 Å². The van der Waals surface area contributed by atoms with Crippen molar-refractivity contribution in [3.8, 4) is 5.75 Å². The molecule has 0 amide bonds. The number of halogens is 2. The molecule has 0 bridgehead atoms. The minimum atomic E-state index is -0.871. The quantitative estimate of drug-likeness (QED) is 0.879. The Kier molecular flexibility index (Phi) is 5.48. The molecule has 3 nitrogen and oxygen atoms in total. The average Bonchev–Trinajstić information content (AvgIpc) is 2.48. The van der Waals surface area contributed by atoms with Crippen molar-refractivity contribution in [2.75, 3.05) is 13.7 Å². The first-order chi connectivity index (χ1) is 10.1. The van der Waals surface area contributed by atoms with E-state index in [1.807, 2.05) is 24.3 Å². The van der Waals surface area contributed by atoms with Crippen LogP contribution in [0.15, 0.2) is 42.5 Å². The van der Waals surface area contributed by atoms with E-state index in [1.165, 1.54) is 0 Å². The van der Waals surface area contributed by atoms with Crippen molar-refractivity contribution >= 4 is 23.2 Å². The maximum absolute atomic E-state index is 10.6. The third kappa shape index (κ3) is 3.50. The SMILES string of the molecule is COc1ccc(C(CN)C(O)c2c(Cl)cccc2Cl)cc1. The average molecular weight is 326 g/mol. The number of benzene rings is 2. The highest BCUT2D eigenvalue weighted by atomic mass is 35.5. The van der Waals surface area contributed by atoms with Crippen LogP contribution in [0.3, 0.4) is 0 Å². The molecule has 0 radical (unpaired) electrons. The maximum atomic E-state index is 10.6. The summed E-state index contributed by atoms with van der Waals surface area (Å²) < 4.78 is 5.13. The molecule has 112 valence electrons. The second-order valence-corrected chi connectivity index (χ2v) is 5.51. The topological polar surface area (TPSA) is 55.5 Å². The van der Waals surface area contributed by atoms with Crippen LogP contribution in [-0.4, -0.2) is 18.8 Å². The number of hydrogen-bond acceptors (Lipinski definition) is 3. The highest BCUT2D eigenvalue weighted by Crippen LogP contribution is 2.38. The lowest BCUT2D eigenvalue weighted by Crippen LogP contribution is -2.20. The molecule has 2 aromatic carbocycles. The van der Waals surface area contributed by atoms with Gasteiger partial charge in [0.25, 0.3) is 0 Å². The van der Waals surface area contributed by atoms with Gasteiger partial charge in [0.05, 0.1) is 13.2 Å². The monoisotopic (exact) mass is 325 g/mol. The van der Waals surface area contributed by atoms with Gasteiger partial charge in [0.2, 0.25) is 0 Å². The fourth-order valence-corrected chi connectivity index (χ4v) is 2.91. The summed E-state index contributed by atoms with van der Waals surface area (Å²) in [5.41, 5.74) is 7.25. The molecule has 5 heteroatoms. The Balaban J connectivity index is 2.35. The van der Waals surface area contributed by atoms with Crippen LogP contribution >= 0.6 is 23.2 Å². The fraction of sp³-hybridized carbons (Fsp3) is 0.250. The van der Waals surface area contributed by atoms with Crippen LogP contribution in [0, 0.1) is 0 Å². The zero-order valence-corrected chi connectivity index (χ0v) is 13.1. The molecule has 0 aliphatic rings. The van der Waals surface area contributed by atoms with Gasteiger partial charge in [-0.05, 0) is 29.8 Å². The molecule has 21 heavy (non-hydrogen) atoms. The molecule has 0 aliphatic heterocycles. The molecule has 2 rings (SSSR count). The second kappa shape index (κ2) is 7.14. The van der Waals surface area contributed by atoms with Gasteiger partial charge < -0.3 is 15.6 Å². The van der Waals surface area contributed by atoms with Crippen molar-refractivity contribution in [2.45, 2.75) is 12.0 Å². The van der Waals surface area contributed by atoms with Gasteiger partial charge in [0.15, 0.2) is 0 Å². The normalized spacial score (nSPS) is 13.8. The number of rotatable bonds is 5. The van der Waals surface area contributed by atoms with E-state index in [4.69, 9.17) is 33.7 Å². The van der Waals surface area contributed by atoms with Crippen LogP contribution in [0.4, 0.5) is 0 Å². The molecule has 0 aromatic heterocycles. The standard InChI is InChI=1S/C16H17Cl2NO2/c1-21-11-7-5-10(6-8-11)12(9-19)16(20)15-13(17)3-2-4-14(15)18/h2-8,12,16,20H,9,19H2,1H3. The van der Waals surface area contributed by atoms with E-state index >= 15 is 0 Å². The zero-order chi connectivity index (χ0) is 15.4. The maximum Gasteiger partial charge on any atom is 0.118 e. The number of ether oxygens (including phenoxy) is 1.